The lowest BCUT2D eigenvalue weighted by Gasteiger charge is -2.06. The third-order valence-electron chi connectivity index (χ3n) is 4.16. The van der Waals surface area contributed by atoms with Gasteiger partial charge in [0.2, 0.25) is 0 Å². The number of aryl methyl sites for hydroxylation is 3. The smallest absolute Gasteiger partial charge is 0.343 e. The van der Waals surface area contributed by atoms with Gasteiger partial charge in [-0.05, 0) is 49.6 Å². The van der Waals surface area contributed by atoms with Crippen LogP contribution in [0.15, 0.2) is 48.0 Å². The van der Waals surface area contributed by atoms with Crippen LogP contribution in [0.3, 0.4) is 0 Å². The standard InChI is InChI=1S/C20H17NO4/c1-12-4-7-18(14(3)8-12)19-11-16(20(22)25-19)9-15-10-17(21(23)24)6-5-13(15)2/h4-11H,1-3H3/b16-9-. The molecule has 0 amide bonds. The van der Waals surface area contributed by atoms with Crippen LogP contribution in [0.1, 0.15) is 27.8 Å². The van der Waals surface area contributed by atoms with Crippen molar-refractivity contribution in [3.05, 3.63) is 86.0 Å². The number of ether oxygens (including phenoxy) is 1. The van der Waals surface area contributed by atoms with Gasteiger partial charge in [0.1, 0.15) is 5.76 Å². The molecule has 0 atom stereocenters. The van der Waals surface area contributed by atoms with Crippen LogP contribution in [0, 0.1) is 30.9 Å². The van der Waals surface area contributed by atoms with Gasteiger partial charge in [0.05, 0.1) is 10.5 Å². The van der Waals surface area contributed by atoms with Crippen molar-refractivity contribution in [1.82, 2.24) is 0 Å². The average molecular weight is 335 g/mol. The van der Waals surface area contributed by atoms with Gasteiger partial charge in [0.25, 0.3) is 5.69 Å². The van der Waals surface area contributed by atoms with E-state index in [2.05, 4.69) is 0 Å². The number of hydrogen-bond donors (Lipinski definition) is 0. The van der Waals surface area contributed by atoms with Crippen molar-refractivity contribution in [3.8, 4) is 0 Å². The Morgan fingerprint density at radius 1 is 1.04 bits per heavy atom. The second-order valence-electron chi connectivity index (χ2n) is 6.11. The van der Waals surface area contributed by atoms with E-state index >= 15 is 0 Å². The van der Waals surface area contributed by atoms with E-state index in [1.807, 2.05) is 39.0 Å². The maximum absolute atomic E-state index is 12.2. The Labute approximate surface area is 145 Å². The molecule has 1 heterocycles. The van der Waals surface area contributed by atoms with Crippen molar-refractivity contribution < 1.29 is 14.5 Å². The molecule has 0 unspecified atom stereocenters. The zero-order valence-electron chi connectivity index (χ0n) is 14.2. The zero-order chi connectivity index (χ0) is 18.1. The molecule has 25 heavy (non-hydrogen) atoms. The molecule has 0 bridgehead atoms. The largest absolute Gasteiger partial charge is 0.422 e. The van der Waals surface area contributed by atoms with E-state index in [0.717, 1.165) is 22.3 Å². The van der Waals surface area contributed by atoms with Crippen LogP contribution in [-0.2, 0) is 9.53 Å². The van der Waals surface area contributed by atoms with Gasteiger partial charge in [-0.3, -0.25) is 10.1 Å². The highest BCUT2D eigenvalue weighted by Crippen LogP contribution is 2.30. The third-order valence-corrected chi connectivity index (χ3v) is 4.16. The minimum absolute atomic E-state index is 0.0117. The van der Waals surface area contributed by atoms with Crippen LogP contribution in [0.2, 0.25) is 0 Å². The first-order chi connectivity index (χ1) is 11.8. The Balaban J connectivity index is 2.02. The van der Waals surface area contributed by atoms with E-state index in [4.69, 9.17) is 4.74 Å². The summed E-state index contributed by atoms with van der Waals surface area (Å²) in [6, 6.07) is 10.5. The van der Waals surface area contributed by atoms with E-state index in [-0.39, 0.29) is 5.69 Å². The topological polar surface area (TPSA) is 69.4 Å². The molecule has 0 spiro atoms. The van der Waals surface area contributed by atoms with E-state index in [1.165, 1.54) is 12.1 Å². The summed E-state index contributed by atoms with van der Waals surface area (Å²) in [6.45, 7) is 5.80. The number of esters is 1. The minimum atomic E-state index is -0.458. The van der Waals surface area contributed by atoms with Crippen molar-refractivity contribution >= 4 is 23.5 Å². The molecule has 1 aliphatic heterocycles. The van der Waals surface area contributed by atoms with Crippen LogP contribution in [0.4, 0.5) is 5.69 Å². The molecule has 0 aromatic heterocycles. The average Bonchev–Trinajstić information content (AvgIpc) is 2.90. The summed E-state index contributed by atoms with van der Waals surface area (Å²) >= 11 is 0. The van der Waals surface area contributed by atoms with Gasteiger partial charge in [-0.15, -0.1) is 0 Å². The van der Waals surface area contributed by atoms with Gasteiger partial charge < -0.3 is 4.74 Å². The Hall–Kier alpha value is -3.21. The summed E-state index contributed by atoms with van der Waals surface area (Å²) in [5.74, 6) is 0.0396. The molecule has 5 nitrogen and oxygen atoms in total. The molecular weight excluding hydrogens is 318 g/mol. The summed E-state index contributed by atoms with van der Waals surface area (Å²) in [4.78, 5) is 22.7. The predicted octanol–water partition coefficient (Wildman–Crippen LogP) is 4.50. The first-order valence-corrected chi connectivity index (χ1v) is 7.83. The molecule has 0 radical (unpaired) electrons. The van der Waals surface area contributed by atoms with E-state index in [0.29, 0.717) is 16.9 Å². The molecule has 126 valence electrons. The lowest BCUT2D eigenvalue weighted by atomic mass is 10.0. The summed E-state index contributed by atoms with van der Waals surface area (Å²) < 4.78 is 5.39. The number of nitro benzene ring substituents is 1. The molecule has 3 rings (SSSR count). The molecule has 2 aromatic rings. The number of hydrogen-bond acceptors (Lipinski definition) is 4. The Bertz CT molecular complexity index is 954. The number of carbonyl (C=O) groups excluding carboxylic acids is 1. The van der Waals surface area contributed by atoms with Crippen LogP contribution < -0.4 is 0 Å². The SMILES string of the molecule is Cc1ccc(C2=C/C(=C/c3cc([N+](=O)[O-])ccc3C)C(=O)O2)c(C)c1. The highest BCUT2D eigenvalue weighted by atomic mass is 16.6. The zero-order valence-corrected chi connectivity index (χ0v) is 14.2. The van der Waals surface area contributed by atoms with Crippen molar-refractivity contribution in [2.45, 2.75) is 20.8 Å². The van der Waals surface area contributed by atoms with Gasteiger partial charge in [-0.2, -0.15) is 0 Å². The second kappa shape index (κ2) is 6.36. The van der Waals surface area contributed by atoms with Crippen LogP contribution in [0.5, 0.6) is 0 Å². The highest BCUT2D eigenvalue weighted by Gasteiger charge is 2.23. The number of rotatable bonds is 3. The molecule has 0 saturated heterocycles. The van der Waals surface area contributed by atoms with Gasteiger partial charge in [0.15, 0.2) is 0 Å². The molecular formula is C20H17NO4. The molecule has 2 aromatic carbocycles. The Kier molecular flexibility index (Phi) is 4.23. The first kappa shape index (κ1) is 16.6. The van der Waals surface area contributed by atoms with Gasteiger partial charge in [-0.25, -0.2) is 4.79 Å². The minimum Gasteiger partial charge on any atom is -0.422 e. The first-order valence-electron chi connectivity index (χ1n) is 7.83. The maximum Gasteiger partial charge on any atom is 0.343 e. The van der Waals surface area contributed by atoms with Crippen molar-refractivity contribution in [3.63, 3.8) is 0 Å². The van der Waals surface area contributed by atoms with Crippen LogP contribution >= 0.6 is 0 Å². The van der Waals surface area contributed by atoms with E-state index in [1.54, 1.807) is 18.2 Å². The fourth-order valence-electron chi connectivity index (χ4n) is 2.78. The molecule has 0 aliphatic carbocycles. The van der Waals surface area contributed by atoms with Crippen molar-refractivity contribution in [2.75, 3.05) is 0 Å². The maximum atomic E-state index is 12.2. The Morgan fingerprint density at radius 3 is 2.48 bits per heavy atom. The summed E-state index contributed by atoms with van der Waals surface area (Å²) in [7, 11) is 0. The molecule has 5 heteroatoms. The fourth-order valence-corrected chi connectivity index (χ4v) is 2.78. The summed E-state index contributed by atoms with van der Waals surface area (Å²) in [6.07, 6.45) is 3.31. The molecule has 1 aliphatic rings. The number of nitro groups is 1. The number of benzene rings is 2. The second-order valence-corrected chi connectivity index (χ2v) is 6.11. The number of nitrogens with zero attached hydrogens (tertiary/aromatic N) is 1. The molecule has 0 saturated carbocycles. The van der Waals surface area contributed by atoms with Crippen LogP contribution in [0.25, 0.3) is 11.8 Å². The van der Waals surface area contributed by atoms with Gasteiger partial charge in [-0.1, -0.05) is 29.8 Å². The summed E-state index contributed by atoms with van der Waals surface area (Å²) in [5, 5.41) is 10.9. The number of carbonyl (C=O) groups is 1. The Morgan fingerprint density at radius 2 is 1.80 bits per heavy atom. The van der Waals surface area contributed by atoms with E-state index < -0.39 is 10.9 Å². The highest BCUT2D eigenvalue weighted by molar-refractivity contribution is 6.05. The quantitative estimate of drug-likeness (QED) is 0.358. The van der Waals surface area contributed by atoms with Gasteiger partial charge >= 0.3 is 5.97 Å². The summed E-state index contributed by atoms with van der Waals surface area (Å²) in [5.41, 5.74) is 4.85. The number of non-ortho nitro benzene ring substituents is 1. The predicted molar refractivity (Wildman–Crippen MR) is 95.8 cm³/mol. The van der Waals surface area contributed by atoms with Crippen LogP contribution in [-0.4, -0.2) is 10.9 Å². The third kappa shape index (κ3) is 3.35. The van der Waals surface area contributed by atoms with Gasteiger partial charge in [0, 0.05) is 17.7 Å². The van der Waals surface area contributed by atoms with Crippen molar-refractivity contribution in [2.24, 2.45) is 0 Å². The number of cyclic esters (lactones) is 1. The molecule has 0 N–H and O–H groups in total. The lowest BCUT2D eigenvalue weighted by molar-refractivity contribution is -0.384. The molecule has 0 fully saturated rings. The lowest BCUT2D eigenvalue weighted by Crippen LogP contribution is -1.98. The monoisotopic (exact) mass is 335 g/mol. The van der Waals surface area contributed by atoms with Crippen molar-refractivity contribution in [1.29, 1.82) is 0 Å². The van der Waals surface area contributed by atoms with E-state index in [9.17, 15) is 14.9 Å². The normalized spacial score (nSPS) is 15.2. The fraction of sp³-hybridized carbons (Fsp3) is 0.150.